The molecule has 4 atom stereocenters. The Morgan fingerprint density at radius 1 is 0.952 bits per heavy atom. The summed E-state index contributed by atoms with van der Waals surface area (Å²) in [4.78, 5) is 66.4. The van der Waals surface area contributed by atoms with E-state index in [1.165, 1.54) is 30.3 Å². The largest absolute Gasteiger partial charge is 0.507 e. The van der Waals surface area contributed by atoms with E-state index in [0.717, 1.165) is 10.3 Å². The Kier molecular flexibility index (Phi) is 5.88. The Labute approximate surface area is 247 Å². The van der Waals surface area contributed by atoms with Crippen molar-refractivity contribution in [3.05, 3.63) is 110 Å². The Morgan fingerprint density at radius 3 is 2.52 bits per heavy atom. The molecule has 1 fully saturated rings. The zero-order chi connectivity index (χ0) is 29.4. The van der Waals surface area contributed by atoms with Crippen molar-refractivity contribution in [2.24, 2.45) is 17.8 Å². The first-order valence-corrected chi connectivity index (χ1v) is 14.2. The van der Waals surface area contributed by atoms with Crippen molar-refractivity contribution in [1.29, 1.82) is 0 Å². The average Bonchev–Trinajstić information content (AvgIpc) is 3.25. The number of nitro benzene ring substituents is 1. The number of anilines is 1. The Bertz CT molecular complexity index is 1910. The number of fused-ring (bicyclic) bond motifs is 4. The zero-order valence-electron chi connectivity index (χ0n) is 21.8. The minimum atomic E-state index is -0.844. The van der Waals surface area contributed by atoms with Gasteiger partial charge in [0.2, 0.25) is 11.8 Å². The first-order valence-electron chi connectivity index (χ1n) is 13.4. The molecule has 1 N–H and O–H groups in total. The molecule has 10 heteroatoms. The predicted molar refractivity (Wildman–Crippen MR) is 156 cm³/mol. The van der Waals surface area contributed by atoms with Gasteiger partial charge in [-0.25, -0.2) is 4.90 Å². The minimum absolute atomic E-state index is 0.0189. The van der Waals surface area contributed by atoms with Crippen LogP contribution >= 0.6 is 15.9 Å². The maximum absolute atomic E-state index is 14.0. The Morgan fingerprint density at radius 2 is 1.74 bits per heavy atom. The highest BCUT2D eigenvalue weighted by atomic mass is 79.9. The number of non-ortho nitro benzene ring substituents is 1. The smallest absolute Gasteiger partial charge is 0.271 e. The number of hydrogen-bond donors (Lipinski definition) is 1. The van der Waals surface area contributed by atoms with Crippen LogP contribution in [0, 0.1) is 27.9 Å². The van der Waals surface area contributed by atoms with Crippen molar-refractivity contribution in [3.63, 3.8) is 0 Å². The van der Waals surface area contributed by atoms with E-state index in [-0.39, 0.29) is 57.2 Å². The van der Waals surface area contributed by atoms with Crippen LogP contribution in [0.3, 0.4) is 0 Å². The number of phenols is 1. The van der Waals surface area contributed by atoms with Crippen molar-refractivity contribution in [3.8, 4) is 5.75 Å². The second-order valence-electron chi connectivity index (χ2n) is 10.9. The summed E-state index contributed by atoms with van der Waals surface area (Å²) in [7, 11) is 0. The number of carbonyl (C=O) groups excluding carboxylic acids is 4. The Hall–Kier alpha value is -4.70. The van der Waals surface area contributed by atoms with Gasteiger partial charge in [0.1, 0.15) is 5.75 Å². The maximum Gasteiger partial charge on any atom is 0.271 e. The van der Waals surface area contributed by atoms with Crippen LogP contribution in [-0.4, -0.2) is 33.4 Å². The number of aromatic hydroxyl groups is 1. The lowest BCUT2D eigenvalue weighted by Gasteiger charge is -2.42. The number of amides is 2. The number of ketones is 2. The molecule has 4 unspecified atom stereocenters. The van der Waals surface area contributed by atoms with Crippen molar-refractivity contribution < 1.29 is 29.2 Å². The molecule has 0 bridgehead atoms. The van der Waals surface area contributed by atoms with Gasteiger partial charge in [-0.2, -0.15) is 0 Å². The van der Waals surface area contributed by atoms with Crippen LogP contribution < -0.4 is 4.90 Å². The highest BCUT2D eigenvalue weighted by Gasteiger charge is 2.57. The van der Waals surface area contributed by atoms with Gasteiger partial charge in [-0.3, -0.25) is 29.3 Å². The molecule has 3 aliphatic carbocycles. The normalized spacial score (nSPS) is 25.2. The molecule has 2 amide bonds. The second-order valence-corrected chi connectivity index (χ2v) is 11.8. The third-order valence-corrected chi connectivity index (χ3v) is 9.46. The highest BCUT2D eigenvalue weighted by molar-refractivity contribution is 9.12. The average molecular weight is 625 g/mol. The molecule has 0 aromatic heterocycles. The molecule has 1 heterocycles. The molecule has 1 saturated heterocycles. The van der Waals surface area contributed by atoms with Crippen LogP contribution in [0.4, 0.5) is 11.4 Å². The SMILES string of the molecule is O=C1C=C(Br)C(=O)C2=C1C(c1ccc3ccccc3c1O)C1=CCC3C(=O)N(c4cccc([N+](=O)[O-])c4)C(=O)C3C1C2. The van der Waals surface area contributed by atoms with Crippen LogP contribution in [0.5, 0.6) is 5.75 Å². The molecule has 0 spiro atoms. The van der Waals surface area contributed by atoms with Crippen molar-refractivity contribution in [1.82, 2.24) is 0 Å². The van der Waals surface area contributed by atoms with Gasteiger partial charge < -0.3 is 5.11 Å². The molecule has 4 aliphatic rings. The van der Waals surface area contributed by atoms with Gasteiger partial charge in [0.15, 0.2) is 11.6 Å². The van der Waals surface area contributed by atoms with E-state index in [0.29, 0.717) is 16.5 Å². The number of Topliss-reactive ketones (excluding diaryl/α,β-unsaturated/α-hetero) is 1. The fourth-order valence-electron chi connectivity index (χ4n) is 7.07. The number of nitrogens with zero attached hydrogens (tertiary/aromatic N) is 2. The van der Waals surface area contributed by atoms with Gasteiger partial charge in [-0.1, -0.05) is 54.1 Å². The summed E-state index contributed by atoms with van der Waals surface area (Å²) in [6.07, 6.45) is 3.39. The number of rotatable bonds is 3. The zero-order valence-corrected chi connectivity index (χ0v) is 23.4. The summed E-state index contributed by atoms with van der Waals surface area (Å²) >= 11 is 3.21. The number of hydrogen-bond acceptors (Lipinski definition) is 7. The molecule has 1 aliphatic heterocycles. The second kappa shape index (κ2) is 9.42. The van der Waals surface area contributed by atoms with Crippen LogP contribution in [0.15, 0.2) is 94.0 Å². The topological polar surface area (TPSA) is 135 Å². The molecule has 7 rings (SSSR count). The molecular formula is C32H21BrN2O7. The lowest BCUT2D eigenvalue weighted by atomic mass is 9.59. The van der Waals surface area contributed by atoms with E-state index < -0.39 is 40.4 Å². The van der Waals surface area contributed by atoms with E-state index in [1.54, 1.807) is 18.2 Å². The third-order valence-electron chi connectivity index (χ3n) is 8.87. The van der Waals surface area contributed by atoms with E-state index in [2.05, 4.69) is 15.9 Å². The monoisotopic (exact) mass is 624 g/mol. The van der Waals surface area contributed by atoms with Gasteiger partial charge in [0.25, 0.3) is 5.69 Å². The number of allylic oxidation sites excluding steroid dienone is 6. The number of phenolic OH excluding ortho intramolecular Hbond substituents is 1. The molecule has 0 saturated carbocycles. The molecular weight excluding hydrogens is 604 g/mol. The number of halogens is 1. The number of imide groups is 1. The molecule has 3 aromatic rings. The summed E-state index contributed by atoms with van der Waals surface area (Å²) in [6.45, 7) is 0. The third kappa shape index (κ3) is 3.68. The van der Waals surface area contributed by atoms with E-state index in [4.69, 9.17) is 0 Å². The molecule has 42 heavy (non-hydrogen) atoms. The molecule has 3 aromatic carbocycles. The van der Waals surface area contributed by atoms with E-state index in [1.807, 2.05) is 24.3 Å². The number of benzene rings is 3. The van der Waals surface area contributed by atoms with Gasteiger partial charge in [-0.05, 0) is 46.1 Å². The van der Waals surface area contributed by atoms with Crippen LogP contribution in [-0.2, 0) is 19.2 Å². The van der Waals surface area contributed by atoms with Gasteiger partial charge >= 0.3 is 0 Å². The summed E-state index contributed by atoms with van der Waals surface area (Å²) in [6, 6.07) is 16.3. The van der Waals surface area contributed by atoms with Crippen LogP contribution in [0.1, 0.15) is 24.3 Å². The predicted octanol–water partition coefficient (Wildman–Crippen LogP) is 5.42. The molecule has 0 radical (unpaired) electrons. The Balaban J connectivity index is 1.38. The fraction of sp³-hybridized carbons (Fsp3) is 0.188. The summed E-state index contributed by atoms with van der Waals surface area (Å²) in [5.41, 5.74) is 1.53. The fourth-order valence-corrected chi connectivity index (χ4v) is 7.51. The molecule has 208 valence electrons. The summed E-state index contributed by atoms with van der Waals surface area (Å²) in [5.74, 6) is -4.69. The van der Waals surface area contributed by atoms with Crippen LogP contribution in [0.2, 0.25) is 0 Å². The maximum atomic E-state index is 14.0. The van der Waals surface area contributed by atoms with Crippen molar-refractivity contribution in [2.45, 2.75) is 18.8 Å². The van der Waals surface area contributed by atoms with E-state index >= 15 is 0 Å². The van der Waals surface area contributed by atoms with Gasteiger partial charge in [0, 0.05) is 46.2 Å². The summed E-state index contributed by atoms with van der Waals surface area (Å²) in [5, 5.41) is 24.2. The molecule has 9 nitrogen and oxygen atoms in total. The van der Waals surface area contributed by atoms with Crippen molar-refractivity contribution >= 4 is 61.5 Å². The lowest BCUT2D eigenvalue weighted by Crippen LogP contribution is -2.39. The van der Waals surface area contributed by atoms with E-state index in [9.17, 15) is 34.4 Å². The van der Waals surface area contributed by atoms with Gasteiger partial charge in [0.05, 0.1) is 26.9 Å². The lowest BCUT2D eigenvalue weighted by molar-refractivity contribution is -0.384. The van der Waals surface area contributed by atoms with Crippen molar-refractivity contribution in [2.75, 3.05) is 4.90 Å². The first kappa shape index (κ1) is 26.2. The number of carbonyl (C=O) groups is 4. The van der Waals surface area contributed by atoms with Gasteiger partial charge in [-0.15, -0.1) is 0 Å². The number of nitro groups is 1. The minimum Gasteiger partial charge on any atom is -0.507 e. The first-order chi connectivity index (χ1) is 20.2. The quantitative estimate of drug-likeness (QED) is 0.135. The van der Waals surface area contributed by atoms with Crippen LogP contribution in [0.25, 0.3) is 10.8 Å². The summed E-state index contributed by atoms with van der Waals surface area (Å²) < 4.78 is 0.111. The highest BCUT2D eigenvalue weighted by Crippen LogP contribution is 2.57. The standard InChI is InChI=1S/C32H21BrN2O7/c33-24-14-25(36)28-23(30(24)38)13-22-19(26(28)20-9-8-15-4-1-2-7-18(15)29(20)37)10-11-21-27(22)32(40)34(31(21)39)16-5-3-6-17(12-16)35(41)42/h1-10,12,14,21-22,26-27,37H,11,13H2.